The lowest BCUT2D eigenvalue weighted by Crippen LogP contribution is -2.52. The topological polar surface area (TPSA) is 50.6 Å². The minimum Gasteiger partial charge on any atom is -0.497 e. The molecule has 6 nitrogen and oxygen atoms in total. The lowest BCUT2D eigenvalue weighted by Gasteiger charge is -2.40. The molecule has 2 aliphatic rings. The van der Waals surface area contributed by atoms with E-state index in [0.717, 1.165) is 43.9 Å². The first-order valence-electron chi connectivity index (χ1n) is 8.43. The van der Waals surface area contributed by atoms with Gasteiger partial charge >= 0.3 is 0 Å². The van der Waals surface area contributed by atoms with Gasteiger partial charge in [0.25, 0.3) is 0 Å². The Morgan fingerprint density at radius 3 is 3.00 bits per heavy atom. The highest BCUT2D eigenvalue weighted by molar-refractivity contribution is 5.96. The molecule has 2 aliphatic heterocycles. The van der Waals surface area contributed by atoms with Crippen molar-refractivity contribution in [2.75, 3.05) is 38.2 Å². The fourth-order valence-corrected chi connectivity index (χ4v) is 3.57. The normalized spacial score (nSPS) is 18.1. The van der Waals surface area contributed by atoms with Crippen molar-refractivity contribution in [3.63, 3.8) is 0 Å². The number of carbonyl (C=O) groups is 1. The average molecular weight is 326 g/mol. The van der Waals surface area contributed by atoms with Gasteiger partial charge in [-0.05, 0) is 42.7 Å². The number of anilines is 1. The molecule has 0 bridgehead atoms. The van der Waals surface area contributed by atoms with E-state index in [0.29, 0.717) is 12.6 Å². The summed E-state index contributed by atoms with van der Waals surface area (Å²) in [5.74, 6) is 1.04. The monoisotopic (exact) mass is 326 g/mol. The van der Waals surface area contributed by atoms with Crippen LogP contribution in [0.25, 0.3) is 0 Å². The number of hydrogen-bond donors (Lipinski definition) is 0. The molecular weight excluding hydrogens is 304 g/mol. The second kappa shape index (κ2) is 6.28. The van der Waals surface area contributed by atoms with Gasteiger partial charge < -0.3 is 9.64 Å². The first kappa shape index (κ1) is 15.2. The first-order chi connectivity index (χ1) is 11.7. The summed E-state index contributed by atoms with van der Waals surface area (Å²) in [4.78, 5) is 16.9. The number of fused-ring (bicyclic) bond motifs is 1. The highest BCUT2D eigenvalue weighted by Gasteiger charge is 2.32. The number of amides is 1. The Balaban J connectivity index is 1.40. The molecule has 24 heavy (non-hydrogen) atoms. The number of rotatable bonds is 4. The number of benzene rings is 1. The molecule has 1 aromatic carbocycles. The van der Waals surface area contributed by atoms with Crippen LogP contribution in [0.3, 0.4) is 0 Å². The van der Waals surface area contributed by atoms with Crippen molar-refractivity contribution in [2.24, 2.45) is 0 Å². The van der Waals surface area contributed by atoms with E-state index < -0.39 is 0 Å². The molecule has 0 spiro atoms. The predicted octanol–water partition coefficient (Wildman–Crippen LogP) is 1.73. The number of hydrogen-bond acceptors (Lipinski definition) is 4. The molecule has 3 heterocycles. The van der Waals surface area contributed by atoms with Crippen molar-refractivity contribution in [2.45, 2.75) is 18.9 Å². The maximum Gasteiger partial charge on any atom is 0.241 e. The van der Waals surface area contributed by atoms with Crippen LogP contribution in [-0.2, 0) is 11.2 Å². The number of aryl methyl sites for hydroxylation is 1. The lowest BCUT2D eigenvalue weighted by molar-refractivity contribution is -0.121. The van der Waals surface area contributed by atoms with Crippen LogP contribution in [0, 0.1) is 0 Å². The van der Waals surface area contributed by atoms with Gasteiger partial charge in [-0.25, -0.2) is 0 Å². The van der Waals surface area contributed by atoms with Crippen LogP contribution >= 0.6 is 0 Å². The number of aromatic nitrogens is 2. The van der Waals surface area contributed by atoms with Crippen molar-refractivity contribution >= 4 is 11.6 Å². The Bertz CT molecular complexity index is 723. The van der Waals surface area contributed by atoms with E-state index in [1.54, 1.807) is 13.3 Å². The molecule has 0 N–H and O–H groups in total. The van der Waals surface area contributed by atoms with E-state index in [-0.39, 0.29) is 5.91 Å². The molecule has 1 amide bonds. The van der Waals surface area contributed by atoms with Gasteiger partial charge in [0.1, 0.15) is 5.75 Å². The quantitative estimate of drug-likeness (QED) is 0.859. The predicted molar refractivity (Wildman–Crippen MR) is 91.4 cm³/mol. The molecule has 1 fully saturated rings. The van der Waals surface area contributed by atoms with Gasteiger partial charge in [-0.2, -0.15) is 5.10 Å². The zero-order chi connectivity index (χ0) is 16.5. The third-order valence-electron chi connectivity index (χ3n) is 4.90. The van der Waals surface area contributed by atoms with Crippen LogP contribution in [-0.4, -0.2) is 53.9 Å². The van der Waals surface area contributed by atoms with Crippen molar-refractivity contribution in [1.82, 2.24) is 14.7 Å². The molecule has 1 aromatic heterocycles. The maximum absolute atomic E-state index is 12.7. The molecule has 6 heteroatoms. The number of carbonyl (C=O) groups excluding carboxylic acids is 1. The Morgan fingerprint density at radius 1 is 1.38 bits per heavy atom. The number of methoxy groups -OCH3 is 1. The van der Waals surface area contributed by atoms with Gasteiger partial charge in [-0.15, -0.1) is 0 Å². The molecule has 0 atom stereocenters. The van der Waals surface area contributed by atoms with E-state index in [4.69, 9.17) is 4.74 Å². The lowest BCUT2D eigenvalue weighted by atomic mass is 10.0. The minimum atomic E-state index is 0.181. The SMILES string of the molecule is COc1ccc2c(c1)CCCN2C(=O)CN1CC(n2cccn2)C1. The van der Waals surface area contributed by atoms with Crippen molar-refractivity contribution < 1.29 is 9.53 Å². The van der Waals surface area contributed by atoms with E-state index in [9.17, 15) is 4.79 Å². The Morgan fingerprint density at radius 2 is 2.25 bits per heavy atom. The van der Waals surface area contributed by atoms with E-state index >= 15 is 0 Å². The van der Waals surface area contributed by atoms with Gasteiger partial charge in [0.15, 0.2) is 0 Å². The first-order valence-corrected chi connectivity index (χ1v) is 8.43. The molecule has 0 unspecified atom stereocenters. The fraction of sp³-hybridized carbons (Fsp3) is 0.444. The van der Waals surface area contributed by atoms with E-state index in [1.165, 1.54) is 5.56 Å². The van der Waals surface area contributed by atoms with E-state index in [1.807, 2.05) is 40.0 Å². The summed E-state index contributed by atoms with van der Waals surface area (Å²) in [6.45, 7) is 3.05. The summed E-state index contributed by atoms with van der Waals surface area (Å²) >= 11 is 0. The van der Waals surface area contributed by atoms with Crippen LogP contribution in [0.4, 0.5) is 5.69 Å². The second-order valence-electron chi connectivity index (χ2n) is 6.48. The summed E-state index contributed by atoms with van der Waals surface area (Å²) in [5.41, 5.74) is 2.24. The summed E-state index contributed by atoms with van der Waals surface area (Å²) in [7, 11) is 1.67. The van der Waals surface area contributed by atoms with Crippen LogP contribution in [0.2, 0.25) is 0 Å². The average Bonchev–Trinajstić information content (AvgIpc) is 3.10. The van der Waals surface area contributed by atoms with Crippen LogP contribution < -0.4 is 9.64 Å². The highest BCUT2D eigenvalue weighted by atomic mass is 16.5. The zero-order valence-corrected chi connectivity index (χ0v) is 13.9. The molecule has 0 saturated carbocycles. The number of nitrogens with zero attached hydrogens (tertiary/aromatic N) is 4. The second-order valence-corrected chi connectivity index (χ2v) is 6.48. The molecular formula is C18H22N4O2. The third-order valence-corrected chi connectivity index (χ3v) is 4.90. The van der Waals surface area contributed by atoms with Crippen LogP contribution in [0.1, 0.15) is 18.0 Å². The minimum absolute atomic E-state index is 0.181. The van der Waals surface area contributed by atoms with Gasteiger partial charge in [-0.3, -0.25) is 14.4 Å². The van der Waals surface area contributed by atoms with Crippen molar-refractivity contribution in [3.05, 3.63) is 42.2 Å². The fourth-order valence-electron chi connectivity index (χ4n) is 3.57. The van der Waals surface area contributed by atoms with Gasteiger partial charge in [0.2, 0.25) is 5.91 Å². The highest BCUT2D eigenvalue weighted by Crippen LogP contribution is 2.31. The number of ether oxygens (including phenoxy) is 1. The van der Waals surface area contributed by atoms with Crippen molar-refractivity contribution in [3.8, 4) is 5.75 Å². The Kier molecular flexibility index (Phi) is 3.98. The summed E-state index contributed by atoms with van der Waals surface area (Å²) in [6.07, 6.45) is 5.79. The Hall–Kier alpha value is -2.34. The molecule has 126 valence electrons. The molecule has 4 rings (SSSR count). The largest absolute Gasteiger partial charge is 0.497 e. The van der Waals surface area contributed by atoms with Crippen molar-refractivity contribution in [1.29, 1.82) is 0 Å². The third kappa shape index (κ3) is 2.78. The zero-order valence-electron chi connectivity index (χ0n) is 13.9. The van der Waals surface area contributed by atoms with Crippen LogP contribution in [0.15, 0.2) is 36.7 Å². The summed E-state index contributed by atoms with van der Waals surface area (Å²) in [5, 5.41) is 4.27. The smallest absolute Gasteiger partial charge is 0.241 e. The van der Waals surface area contributed by atoms with Crippen LogP contribution in [0.5, 0.6) is 5.75 Å². The maximum atomic E-state index is 12.7. The number of likely N-dealkylation sites (tertiary alicyclic amines) is 1. The summed E-state index contributed by atoms with van der Waals surface area (Å²) < 4.78 is 7.27. The molecule has 1 saturated heterocycles. The molecule has 0 radical (unpaired) electrons. The Labute approximate surface area is 141 Å². The molecule has 2 aromatic rings. The standard InChI is InChI=1S/C18H22N4O2/c1-24-16-5-6-17-14(10-16)4-2-8-21(17)18(23)13-20-11-15(12-20)22-9-3-7-19-22/h3,5-7,9-10,15H,2,4,8,11-13H2,1H3. The van der Waals surface area contributed by atoms with E-state index in [2.05, 4.69) is 10.00 Å². The summed E-state index contributed by atoms with van der Waals surface area (Å²) in [6, 6.07) is 8.32. The molecule has 0 aliphatic carbocycles. The van der Waals surface area contributed by atoms with Gasteiger partial charge in [0, 0.05) is 37.7 Å². The van der Waals surface area contributed by atoms with Gasteiger partial charge in [-0.1, -0.05) is 0 Å². The van der Waals surface area contributed by atoms with Gasteiger partial charge in [0.05, 0.1) is 19.7 Å².